The minimum absolute atomic E-state index is 0.0589. The summed E-state index contributed by atoms with van der Waals surface area (Å²) in [6, 6.07) is 7.85. The largest absolute Gasteiger partial charge is 0.295 e. The van der Waals surface area contributed by atoms with E-state index < -0.39 is 4.92 Å². The van der Waals surface area contributed by atoms with Crippen LogP contribution in [0.1, 0.15) is 15.9 Å². The number of non-ortho nitro benzene ring substituents is 1. The Morgan fingerprint density at radius 3 is 2.85 bits per heavy atom. The van der Waals surface area contributed by atoms with Crippen LogP contribution in [0.5, 0.6) is 0 Å². The number of carbonyl (C=O) groups excluding carboxylic acids is 1. The van der Waals surface area contributed by atoms with E-state index >= 15 is 0 Å². The van der Waals surface area contributed by atoms with Gasteiger partial charge in [0.05, 0.1) is 11.5 Å². The van der Waals surface area contributed by atoms with E-state index in [4.69, 9.17) is 0 Å². The fraction of sp³-hybridized carbons (Fsp3) is 0.214. The topological polar surface area (TPSA) is 63.5 Å². The lowest BCUT2D eigenvalue weighted by Gasteiger charge is -2.14. The molecule has 0 N–H and O–H groups in total. The maximum atomic E-state index is 12.1. The van der Waals surface area contributed by atoms with Crippen LogP contribution in [0.2, 0.25) is 0 Å². The number of benzene rings is 1. The van der Waals surface area contributed by atoms with Gasteiger partial charge in [0.25, 0.3) is 5.69 Å². The van der Waals surface area contributed by atoms with Gasteiger partial charge in [-0.3, -0.25) is 19.8 Å². The Morgan fingerprint density at radius 2 is 2.20 bits per heavy atom. The van der Waals surface area contributed by atoms with E-state index in [1.807, 2.05) is 28.8 Å². The van der Waals surface area contributed by atoms with E-state index in [0.29, 0.717) is 12.1 Å². The molecule has 0 saturated heterocycles. The molecule has 0 radical (unpaired) electrons. The minimum Gasteiger partial charge on any atom is -0.295 e. The molecule has 1 heterocycles. The Morgan fingerprint density at radius 1 is 1.40 bits per heavy atom. The van der Waals surface area contributed by atoms with Gasteiger partial charge in [-0.15, -0.1) is 0 Å². The second-order valence-electron chi connectivity index (χ2n) is 4.53. The van der Waals surface area contributed by atoms with E-state index in [1.165, 1.54) is 18.2 Å². The van der Waals surface area contributed by atoms with Crippen LogP contribution in [0.25, 0.3) is 0 Å². The van der Waals surface area contributed by atoms with Gasteiger partial charge in [0.1, 0.15) is 0 Å². The van der Waals surface area contributed by atoms with Crippen LogP contribution in [0.4, 0.5) is 5.69 Å². The molecule has 1 aromatic carbocycles. The molecule has 0 unspecified atom stereocenters. The lowest BCUT2D eigenvalue weighted by Crippen LogP contribution is -2.25. The van der Waals surface area contributed by atoms with Gasteiger partial charge in [-0.25, -0.2) is 0 Å². The lowest BCUT2D eigenvalue weighted by molar-refractivity contribution is -0.384. The molecule has 2 aromatic rings. The molecule has 0 spiro atoms. The summed E-state index contributed by atoms with van der Waals surface area (Å²) in [5.74, 6) is -0.119. The third-order valence-electron chi connectivity index (χ3n) is 2.83. The number of rotatable bonds is 6. The number of nitrogens with zero attached hydrogens (tertiary/aromatic N) is 2. The number of likely N-dealkylation sites (N-methyl/N-ethyl adjacent to an activating group) is 1. The van der Waals surface area contributed by atoms with Gasteiger partial charge in [-0.1, -0.05) is 12.1 Å². The smallest absolute Gasteiger partial charge is 0.270 e. The lowest BCUT2D eigenvalue weighted by atomic mass is 10.1. The first-order valence-electron chi connectivity index (χ1n) is 6.03. The van der Waals surface area contributed by atoms with Crippen molar-refractivity contribution in [1.29, 1.82) is 0 Å². The highest BCUT2D eigenvalue weighted by atomic mass is 32.1. The van der Waals surface area contributed by atoms with Gasteiger partial charge in [0.2, 0.25) is 0 Å². The van der Waals surface area contributed by atoms with Gasteiger partial charge in [-0.2, -0.15) is 11.3 Å². The van der Waals surface area contributed by atoms with Crippen LogP contribution in [-0.2, 0) is 6.54 Å². The number of hydrogen-bond acceptors (Lipinski definition) is 5. The van der Waals surface area contributed by atoms with Crippen LogP contribution < -0.4 is 0 Å². The van der Waals surface area contributed by atoms with Crippen LogP contribution in [0.3, 0.4) is 0 Å². The fourth-order valence-corrected chi connectivity index (χ4v) is 2.54. The molecule has 104 valence electrons. The average Bonchev–Trinajstić information content (AvgIpc) is 2.91. The maximum Gasteiger partial charge on any atom is 0.270 e. The van der Waals surface area contributed by atoms with Crippen LogP contribution >= 0.6 is 11.3 Å². The van der Waals surface area contributed by atoms with Crippen molar-refractivity contribution in [2.45, 2.75) is 6.54 Å². The van der Waals surface area contributed by atoms with E-state index in [9.17, 15) is 14.9 Å². The summed E-state index contributed by atoms with van der Waals surface area (Å²) in [6.07, 6.45) is 0. The van der Waals surface area contributed by atoms with Gasteiger partial charge in [0.15, 0.2) is 5.78 Å². The Hall–Kier alpha value is -2.05. The first-order chi connectivity index (χ1) is 9.56. The molecule has 1 aromatic heterocycles. The van der Waals surface area contributed by atoms with Crippen molar-refractivity contribution >= 4 is 22.8 Å². The average molecular weight is 290 g/mol. The molecule has 0 amide bonds. The monoisotopic (exact) mass is 290 g/mol. The molecular formula is C14H14N2O3S. The Bertz CT molecular complexity index is 611. The number of hydrogen-bond donors (Lipinski definition) is 0. The molecular weight excluding hydrogens is 276 g/mol. The molecule has 0 fully saturated rings. The molecule has 0 aliphatic carbocycles. The second kappa shape index (κ2) is 6.40. The van der Waals surface area contributed by atoms with Crippen molar-refractivity contribution in [1.82, 2.24) is 4.90 Å². The molecule has 0 aliphatic rings. The number of thiophene rings is 1. The molecule has 20 heavy (non-hydrogen) atoms. The molecule has 2 rings (SSSR count). The Labute approximate surface area is 120 Å². The molecule has 5 nitrogen and oxygen atoms in total. The predicted octanol–water partition coefficient (Wildman–Crippen LogP) is 2.97. The van der Waals surface area contributed by atoms with Crippen molar-refractivity contribution in [3.05, 3.63) is 62.3 Å². The Kier molecular flexibility index (Phi) is 4.60. The summed E-state index contributed by atoms with van der Waals surface area (Å²) in [4.78, 5) is 24.2. The zero-order valence-corrected chi connectivity index (χ0v) is 11.8. The quantitative estimate of drug-likeness (QED) is 0.466. The third-order valence-corrected chi connectivity index (χ3v) is 3.56. The van der Waals surface area contributed by atoms with Crippen LogP contribution in [-0.4, -0.2) is 29.2 Å². The molecule has 0 aliphatic heterocycles. The predicted molar refractivity (Wildman–Crippen MR) is 78.1 cm³/mol. The first kappa shape index (κ1) is 14.4. The van der Waals surface area contributed by atoms with E-state index in [0.717, 1.165) is 5.56 Å². The zero-order valence-electron chi connectivity index (χ0n) is 11.0. The first-order valence-corrected chi connectivity index (χ1v) is 6.98. The standard InChI is InChI=1S/C14H14N2O3S/c1-15(8-11-5-6-20-10-11)9-14(17)12-3-2-4-13(7-12)16(18)19/h2-7,10H,8-9H2,1H3. The number of ketones is 1. The van der Waals surface area contributed by atoms with Crippen LogP contribution in [0, 0.1) is 10.1 Å². The number of nitro groups is 1. The highest BCUT2D eigenvalue weighted by Gasteiger charge is 2.13. The van der Waals surface area contributed by atoms with Crippen LogP contribution in [0.15, 0.2) is 41.1 Å². The molecule has 6 heteroatoms. The summed E-state index contributed by atoms with van der Waals surface area (Å²) < 4.78 is 0. The molecule has 0 bridgehead atoms. The van der Waals surface area contributed by atoms with E-state index in [-0.39, 0.29) is 18.0 Å². The maximum absolute atomic E-state index is 12.1. The minimum atomic E-state index is -0.494. The van der Waals surface area contributed by atoms with Crippen molar-refractivity contribution in [3.8, 4) is 0 Å². The molecule has 0 saturated carbocycles. The van der Waals surface area contributed by atoms with Gasteiger partial charge < -0.3 is 0 Å². The molecule has 0 atom stereocenters. The van der Waals surface area contributed by atoms with E-state index in [2.05, 4.69) is 0 Å². The summed E-state index contributed by atoms with van der Waals surface area (Å²) >= 11 is 1.62. The number of Topliss-reactive ketones (excluding diaryl/α,β-unsaturated/α-hetero) is 1. The second-order valence-corrected chi connectivity index (χ2v) is 5.31. The van der Waals surface area contributed by atoms with Gasteiger partial charge in [0, 0.05) is 24.2 Å². The third kappa shape index (κ3) is 3.72. The van der Waals surface area contributed by atoms with Gasteiger partial charge in [-0.05, 0) is 29.4 Å². The van der Waals surface area contributed by atoms with Gasteiger partial charge >= 0.3 is 0 Å². The summed E-state index contributed by atoms with van der Waals surface area (Å²) in [5.41, 5.74) is 1.47. The van der Waals surface area contributed by atoms with Crippen molar-refractivity contribution in [2.75, 3.05) is 13.6 Å². The SMILES string of the molecule is CN(CC(=O)c1cccc([N+](=O)[O-])c1)Cc1ccsc1. The Balaban J connectivity index is 2.00. The van der Waals surface area contributed by atoms with Crippen molar-refractivity contribution in [2.24, 2.45) is 0 Å². The highest BCUT2D eigenvalue weighted by Crippen LogP contribution is 2.14. The fourth-order valence-electron chi connectivity index (χ4n) is 1.88. The number of carbonyl (C=O) groups is 1. The summed E-state index contributed by atoms with van der Waals surface area (Å²) in [6.45, 7) is 0.918. The van der Waals surface area contributed by atoms with Crippen molar-refractivity contribution in [3.63, 3.8) is 0 Å². The normalized spacial score (nSPS) is 10.7. The highest BCUT2D eigenvalue weighted by molar-refractivity contribution is 7.07. The van der Waals surface area contributed by atoms with E-state index in [1.54, 1.807) is 17.4 Å². The zero-order chi connectivity index (χ0) is 14.5. The van der Waals surface area contributed by atoms with Crippen molar-refractivity contribution < 1.29 is 9.72 Å². The summed E-state index contributed by atoms with van der Waals surface area (Å²) in [5, 5.41) is 14.7. The summed E-state index contributed by atoms with van der Waals surface area (Å²) in [7, 11) is 1.85. The number of nitro benzene ring substituents is 1.